The molecule has 0 spiro atoms. The first-order valence-electron chi connectivity index (χ1n) is 5.87. The maximum absolute atomic E-state index is 1.59. The van der Waals surface area contributed by atoms with Crippen LogP contribution in [0, 0.1) is 10.8 Å². The maximum atomic E-state index is 1.59. The van der Waals surface area contributed by atoms with Crippen molar-refractivity contribution in [3.8, 4) is 0 Å². The van der Waals surface area contributed by atoms with Crippen molar-refractivity contribution in [3.05, 3.63) is 0 Å². The lowest BCUT2D eigenvalue weighted by Crippen LogP contribution is -2.46. The van der Waals surface area contributed by atoms with Crippen LogP contribution in [-0.4, -0.2) is 0 Å². The molecule has 0 nitrogen and oxygen atoms in total. The second kappa shape index (κ2) is 2.27. The fourth-order valence-electron chi connectivity index (χ4n) is 4.51. The Morgan fingerprint density at radius 1 is 0.417 bits per heavy atom. The van der Waals surface area contributed by atoms with Gasteiger partial charge in [-0.2, -0.15) is 0 Å². The first-order chi connectivity index (χ1) is 5.87. The lowest BCUT2D eigenvalue weighted by Gasteiger charge is -2.56. The van der Waals surface area contributed by atoms with Crippen LogP contribution >= 0.6 is 0 Å². The smallest absolute Gasteiger partial charge is 0.0241 e. The van der Waals surface area contributed by atoms with Crippen molar-refractivity contribution < 1.29 is 0 Å². The Bertz CT molecular complexity index is 176. The zero-order valence-electron chi connectivity index (χ0n) is 8.07. The summed E-state index contributed by atoms with van der Waals surface area (Å²) >= 11 is 0. The van der Waals surface area contributed by atoms with E-state index in [1.165, 1.54) is 6.42 Å². The van der Waals surface area contributed by atoms with E-state index in [0.29, 0.717) is 0 Å². The molecule has 3 aliphatic rings. The van der Waals surface area contributed by atoms with Crippen LogP contribution in [0.4, 0.5) is 0 Å². The largest absolute Gasteiger partial charge is 0.0533 e. The van der Waals surface area contributed by atoms with Gasteiger partial charge in [0.15, 0.2) is 0 Å². The van der Waals surface area contributed by atoms with Crippen LogP contribution in [0.25, 0.3) is 0 Å². The number of rotatable bonds is 0. The molecule has 0 heteroatoms. The summed E-state index contributed by atoms with van der Waals surface area (Å²) in [5, 5.41) is 0. The molecule has 3 saturated carbocycles. The molecule has 0 saturated heterocycles. The van der Waals surface area contributed by atoms with Crippen LogP contribution in [0.2, 0.25) is 0 Å². The van der Waals surface area contributed by atoms with Gasteiger partial charge in [0.2, 0.25) is 0 Å². The summed E-state index contributed by atoms with van der Waals surface area (Å²) in [4.78, 5) is 0. The van der Waals surface area contributed by atoms with Gasteiger partial charge >= 0.3 is 0 Å². The molecule has 0 radical (unpaired) electrons. The molecule has 0 N–H and O–H groups in total. The molecule has 3 aliphatic carbocycles. The topological polar surface area (TPSA) is 0 Å². The van der Waals surface area contributed by atoms with Gasteiger partial charge in [0.05, 0.1) is 0 Å². The third-order valence-corrected chi connectivity index (χ3v) is 5.33. The third-order valence-electron chi connectivity index (χ3n) is 5.33. The predicted molar refractivity (Wildman–Crippen MR) is 51.0 cm³/mol. The van der Waals surface area contributed by atoms with Gasteiger partial charge in [-0.25, -0.2) is 0 Å². The molecule has 12 heavy (non-hydrogen) atoms. The Morgan fingerprint density at radius 2 is 0.917 bits per heavy atom. The first-order valence-corrected chi connectivity index (χ1v) is 5.87. The molecule has 0 aromatic heterocycles. The average Bonchev–Trinajstić information content (AvgIpc) is 2.25. The van der Waals surface area contributed by atoms with Gasteiger partial charge in [-0.1, -0.05) is 25.7 Å². The van der Waals surface area contributed by atoms with E-state index in [-0.39, 0.29) is 0 Å². The Hall–Kier alpha value is 0. The van der Waals surface area contributed by atoms with Gasteiger partial charge in [-0.05, 0) is 49.4 Å². The summed E-state index contributed by atoms with van der Waals surface area (Å²) in [7, 11) is 0. The SMILES string of the molecule is C1CCC23CCCC2(CC1)CC3. The van der Waals surface area contributed by atoms with Crippen molar-refractivity contribution in [1.82, 2.24) is 0 Å². The fourth-order valence-corrected chi connectivity index (χ4v) is 4.51. The first kappa shape index (κ1) is 7.41. The Morgan fingerprint density at radius 3 is 1.42 bits per heavy atom. The molecular weight excluding hydrogens is 144 g/mol. The molecule has 0 heterocycles. The minimum atomic E-state index is 0.892. The quantitative estimate of drug-likeness (QED) is 0.509. The Kier molecular flexibility index (Phi) is 1.40. The predicted octanol–water partition coefficient (Wildman–Crippen LogP) is 3.90. The third kappa shape index (κ3) is 0.701. The van der Waals surface area contributed by atoms with Crippen molar-refractivity contribution in [1.29, 1.82) is 0 Å². The van der Waals surface area contributed by atoms with Gasteiger partial charge < -0.3 is 0 Å². The molecular formula is C12H20. The Balaban J connectivity index is 1.93. The van der Waals surface area contributed by atoms with Crippen molar-refractivity contribution >= 4 is 0 Å². The second-order valence-electron chi connectivity index (χ2n) is 5.47. The minimum Gasteiger partial charge on any atom is -0.0533 e. The highest BCUT2D eigenvalue weighted by Gasteiger charge is 2.60. The summed E-state index contributed by atoms with van der Waals surface area (Å²) in [6.45, 7) is 0. The standard InChI is InChI=1S/C12H20/c1-2-5-11-7-4-8-12(11,6-3-1)10-9-11/h1-10H2. The van der Waals surface area contributed by atoms with Crippen LogP contribution in [0.5, 0.6) is 0 Å². The summed E-state index contributed by atoms with van der Waals surface area (Å²) in [6.07, 6.45) is 15.7. The van der Waals surface area contributed by atoms with E-state index in [1.807, 2.05) is 0 Å². The van der Waals surface area contributed by atoms with E-state index in [4.69, 9.17) is 0 Å². The molecule has 2 unspecified atom stereocenters. The van der Waals surface area contributed by atoms with Crippen molar-refractivity contribution in [2.75, 3.05) is 0 Å². The Labute approximate surface area is 75.7 Å². The van der Waals surface area contributed by atoms with E-state index in [9.17, 15) is 0 Å². The second-order valence-corrected chi connectivity index (χ2v) is 5.47. The molecule has 3 rings (SSSR count). The molecule has 68 valence electrons. The van der Waals surface area contributed by atoms with E-state index in [2.05, 4.69) is 0 Å². The van der Waals surface area contributed by atoms with E-state index in [1.54, 1.807) is 57.8 Å². The van der Waals surface area contributed by atoms with Crippen molar-refractivity contribution in [3.63, 3.8) is 0 Å². The number of hydrogen-bond acceptors (Lipinski definition) is 0. The fraction of sp³-hybridized carbons (Fsp3) is 1.00. The lowest BCUT2D eigenvalue weighted by molar-refractivity contribution is -0.0569. The average molecular weight is 164 g/mol. The van der Waals surface area contributed by atoms with E-state index >= 15 is 0 Å². The van der Waals surface area contributed by atoms with Crippen LogP contribution in [0.3, 0.4) is 0 Å². The monoisotopic (exact) mass is 164 g/mol. The molecule has 0 aromatic rings. The van der Waals surface area contributed by atoms with Gasteiger partial charge in [-0.3, -0.25) is 0 Å². The zero-order valence-corrected chi connectivity index (χ0v) is 8.07. The van der Waals surface area contributed by atoms with Gasteiger partial charge in [-0.15, -0.1) is 0 Å². The summed E-state index contributed by atoms with van der Waals surface area (Å²) in [5.74, 6) is 0. The highest BCUT2D eigenvalue weighted by Crippen LogP contribution is 2.71. The summed E-state index contributed by atoms with van der Waals surface area (Å²) < 4.78 is 0. The molecule has 0 aromatic carbocycles. The zero-order chi connectivity index (χ0) is 8.07. The van der Waals surface area contributed by atoms with E-state index in [0.717, 1.165) is 10.8 Å². The van der Waals surface area contributed by atoms with Crippen LogP contribution < -0.4 is 0 Å². The molecule has 0 bridgehead atoms. The minimum absolute atomic E-state index is 0.892. The highest BCUT2D eigenvalue weighted by molar-refractivity contribution is 5.10. The van der Waals surface area contributed by atoms with Gasteiger partial charge in [0.1, 0.15) is 0 Å². The van der Waals surface area contributed by atoms with Crippen LogP contribution in [0.15, 0.2) is 0 Å². The van der Waals surface area contributed by atoms with E-state index < -0.39 is 0 Å². The van der Waals surface area contributed by atoms with Crippen LogP contribution in [0.1, 0.15) is 64.2 Å². The van der Waals surface area contributed by atoms with Gasteiger partial charge in [0.25, 0.3) is 0 Å². The summed E-state index contributed by atoms with van der Waals surface area (Å²) in [6, 6.07) is 0. The van der Waals surface area contributed by atoms with Crippen molar-refractivity contribution in [2.45, 2.75) is 64.2 Å². The van der Waals surface area contributed by atoms with Crippen molar-refractivity contribution in [2.24, 2.45) is 10.8 Å². The summed E-state index contributed by atoms with van der Waals surface area (Å²) in [5.41, 5.74) is 1.78. The van der Waals surface area contributed by atoms with Gasteiger partial charge in [0, 0.05) is 0 Å². The molecule has 2 atom stereocenters. The highest BCUT2D eigenvalue weighted by atomic mass is 14.6. The maximum Gasteiger partial charge on any atom is -0.0241 e. The molecule has 0 amide bonds. The molecule has 3 fully saturated rings. The number of hydrogen-bond donors (Lipinski definition) is 0. The lowest BCUT2D eigenvalue weighted by atomic mass is 9.49. The molecule has 0 aliphatic heterocycles. The normalized spacial score (nSPS) is 52.0. The van der Waals surface area contributed by atoms with Crippen LogP contribution in [-0.2, 0) is 0 Å².